The second-order valence-corrected chi connectivity index (χ2v) is 4.77. The molecule has 21 heavy (non-hydrogen) atoms. The van der Waals surface area contributed by atoms with Gasteiger partial charge in [0.25, 0.3) is 5.91 Å². The zero-order valence-corrected chi connectivity index (χ0v) is 11.7. The largest absolute Gasteiger partial charge is 0.478 e. The maximum Gasteiger partial charge on any atom is 0.338 e. The van der Waals surface area contributed by atoms with Crippen LogP contribution in [0.25, 0.3) is 0 Å². The van der Waals surface area contributed by atoms with Gasteiger partial charge in [0.1, 0.15) is 5.82 Å². The van der Waals surface area contributed by atoms with Gasteiger partial charge in [-0.1, -0.05) is 17.7 Å². The number of carboxylic acid groups (broad SMARTS) is 1. The van der Waals surface area contributed by atoms with Crippen LogP contribution in [0.15, 0.2) is 36.4 Å². The third-order valence-electron chi connectivity index (χ3n) is 2.97. The Kier molecular flexibility index (Phi) is 4.23. The van der Waals surface area contributed by atoms with Gasteiger partial charge in [-0.05, 0) is 42.8 Å². The minimum Gasteiger partial charge on any atom is -0.478 e. The highest BCUT2D eigenvalue weighted by Crippen LogP contribution is 2.21. The Hall–Kier alpha value is -2.40. The molecule has 1 amide bonds. The van der Waals surface area contributed by atoms with E-state index in [9.17, 15) is 14.0 Å². The Balaban J connectivity index is 2.26. The molecule has 0 saturated carbocycles. The zero-order valence-electron chi connectivity index (χ0n) is 11.0. The quantitative estimate of drug-likeness (QED) is 0.907. The van der Waals surface area contributed by atoms with Gasteiger partial charge >= 0.3 is 5.97 Å². The van der Waals surface area contributed by atoms with Crippen LogP contribution in [0.2, 0.25) is 5.02 Å². The second-order valence-electron chi connectivity index (χ2n) is 4.37. The third-order valence-corrected chi connectivity index (χ3v) is 3.38. The summed E-state index contributed by atoms with van der Waals surface area (Å²) in [6.45, 7) is 1.70. The summed E-state index contributed by atoms with van der Waals surface area (Å²) in [7, 11) is 0. The van der Waals surface area contributed by atoms with Crippen LogP contribution in [0.5, 0.6) is 0 Å². The lowest BCUT2D eigenvalue weighted by atomic mass is 10.1. The van der Waals surface area contributed by atoms with Crippen molar-refractivity contribution in [2.75, 3.05) is 5.32 Å². The van der Waals surface area contributed by atoms with Crippen molar-refractivity contribution < 1.29 is 19.1 Å². The molecule has 2 N–H and O–H groups in total. The molecule has 0 aliphatic carbocycles. The highest BCUT2D eigenvalue weighted by atomic mass is 35.5. The van der Waals surface area contributed by atoms with Crippen LogP contribution in [-0.4, -0.2) is 17.0 Å². The van der Waals surface area contributed by atoms with Crippen molar-refractivity contribution in [1.82, 2.24) is 0 Å². The molecule has 2 rings (SSSR count). The molecule has 4 nitrogen and oxygen atoms in total. The van der Waals surface area contributed by atoms with E-state index in [-0.39, 0.29) is 5.69 Å². The van der Waals surface area contributed by atoms with Crippen LogP contribution >= 0.6 is 11.6 Å². The molecule has 0 fully saturated rings. The van der Waals surface area contributed by atoms with E-state index >= 15 is 0 Å². The molecule has 2 aromatic rings. The van der Waals surface area contributed by atoms with E-state index in [1.807, 2.05) is 0 Å². The lowest BCUT2D eigenvalue weighted by molar-refractivity contribution is 0.0692. The SMILES string of the molecule is Cc1c(Cl)cccc1C(=O)Nc1ccc(C(=O)O)c(F)c1. The molecule has 108 valence electrons. The van der Waals surface area contributed by atoms with E-state index in [0.29, 0.717) is 16.1 Å². The van der Waals surface area contributed by atoms with Crippen LogP contribution < -0.4 is 5.32 Å². The number of hydrogen-bond donors (Lipinski definition) is 2. The number of carbonyl (C=O) groups is 2. The number of carboxylic acids is 1. The van der Waals surface area contributed by atoms with Crippen LogP contribution in [0, 0.1) is 12.7 Å². The molecular weight excluding hydrogens is 297 g/mol. The van der Waals surface area contributed by atoms with Gasteiger partial charge in [-0.15, -0.1) is 0 Å². The number of rotatable bonds is 3. The maximum atomic E-state index is 13.5. The summed E-state index contributed by atoms with van der Waals surface area (Å²) in [6.07, 6.45) is 0. The predicted octanol–water partition coefficient (Wildman–Crippen LogP) is 3.74. The normalized spacial score (nSPS) is 10.2. The molecule has 0 unspecified atom stereocenters. The minimum atomic E-state index is -1.36. The summed E-state index contributed by atoms with van der Waals surface area (Å²) in [6, 6.07) is 8.27. The number of hydrogen-bond acceptors (Lipinski definition) is 2. The van der Waals surface area contributed by atoms with Gasteiger partial charge in [0.15, 0.2) is 0 Å². The number of amides is 1. The Morgan fingerprint density at radius 3 is 2.52 bits per heavy atom. The van der Waals surface area contributed by atoms with Crippen molar-refractivity contribution in [2.24, 2.45) is 0 Å². The molecule has 0 heterocycles. The number of benzene rings is 2. The predicted molar refractivity (Wildman–Crippen MR) is 77.5 cm³/mol. The lowest BCUT2D eigenvalue weighted by Crippen LogP contribution is -2.14. The highest BCUT2D eigenvalue weighted by molar-refractivity contribution is 6.32. The summed E-state index contributed by atoms with van der Waals surface area (Å²) in [5, 5.41) is 11.7. The molecule has 2 aromatic carbocycles. The topological polar surface area (TPSA) is 66.4 Å². The summed E-state index contributed by atoms with van der Waals surface area (Å²) < 4.78 is 13.5. The van der Waals surface area contributed by atoms with Crippen molar-refractivity contribution >= 4 is 29.2 Å². The summed E-state index contributed by atoms with van der Waals surface area (Å²) in [5.41, 5.74) is 0.693. The minimum absolute atomic E-state index is 0.168. The molecule has 0 aromatic heterocycles. The molecule has 0 aliphatic rings. The fourth-order valence-corrected chi connectivity index (χ4v) is 1.99. The molecule has 0 bridgehead atoms. The fourth-order valence-electron chi connectivity index (χ4n) is 1.82. The molecular formula is C15H11ClFNO3. The monoisotopic (exact) mass is 307 g/mol. The van der Waals surface area contributed by atoms with Crippen LogP contribution in [0.4, 0.5) is 10.1 Å². The van der Waals surface area contributed by atoms with E-state index in [0.717, 1.165) is 12.1 Å². The average molecular weight is 308 g/mol. The highest BCUT2D eigenvalue weighted by Gasteiger charge is 2.14. The van der Waals surface area contributed by atoms with E-state index < -0.39 is 23.3 Å². The summed E-state index contributed by atoms with van der Waals surface area (Å²) in [5.74, 6) is -2.73. The van der Waals surface area contributed by atoms with E-state index in [2.05, 4.69) is 5.32 Å². The Morgan fingerprint density at radius 1 is 1.19 bits per heavy atom. The summed E-state index contributed by atoms with van der Waals surface area (Å²) >= 11 is 5.94. The number of halogens is 2. The van der Waals surface area contributed by atoms with Gasteiger partial charge in [0, 0.05) is 16.3 Å². The first-order valence-electron chi connectivity index (χ1n) is 5.99. The first-order valence-corrected chi connectivity index (χ1v) is 6.37. The van der Waals surface area contributed by atoms with Crippen molar-refractivity contribution in [3.8, 4) is 0 Å². The number of anilines is 1. The average Bonchev–Trinajstić information content (AvgIpc) is 2.41. The standard InChI is InChI=1S/C15H11ClFNO3/c1-8-10(3-2-4-12(8)16)14(19)18-9-5-6-11(15(20)21)13(17)7-9/h2-7H,1H3,(H,18,19)(H,20,21). The second kappa shape index (κ2) is 5.93. The van der Waals surface area contributed by atoms with E-state index in [1.54, 1.807) is 25.1 Å². The summed E-state index contributed by atoms with van der Waals surface area (Å²) in [4.78, 5) is 22.8. The molecule has 0 spiro atoms. The van der Waals surface area contributed by atoms with Crippen molar-refractivity contribution in [3.63, 3.8) is 0 Å². The van der Waals surface area contributed by atoms with Gasteiger partial charge in [0.2, 0.25) is 0 Å². The van der Waals surface area contributed by atoms with Gasteiger partial charge in [0.05, 0.1) is 5.56 Å². The van der Waals surface area contributed by atoms with E-state index in [4.69, 9.17) is 16.7 Å². The number of nitrogens with one attached hydrogen (secondary N) is 1. The smallest absolute Gasteiger partial charge is 0.338 e. The van der Waals surface area contributed by atoms with Crippen LogP contribution in [0.1, 0.15) is 26.3 Å². The van der Waals surface area contributed by atoms with Crippen molar-refractivity contribution in [1.29, 1.82) is 0 Å². The first-order chi connectivity index (χ1) is 9.90. The number of carbonyl (C=O) groups excluding carboxylic acids is 1. The third kappa shape index (κ3) is 3.20. The zero-order chi connectivity index (χ0) is 15.6. The lowest BCUT2D eigenvalue weighted by Gasteiger charge is -2.09. The molecule has 0 aliphatic heterocycles. The Morgan fingerprint density at radius 2 is 1.90 bits per heavy atom. The Labute approximate surface area is 125 Å². The van der Waals surface area contributed by atoms with Crippen LogP contribution in [0.3, 0.4) is 0 Å². The molecule has 0 saturated heterocycles. The molecule has 0 radical (unpaired) electrons. The Bertz CT molecular complexity index is 731. The van der Waals surface area contributed by atoms with Crippen LogP contribution in [-0.2, 0) is 0 Å². The van der Waals surface area contributed by atoms with Crippen molar-refractivity contribution in [3.05, 3.63) is 63.9 Å². The van der Waals surface area contributed by atoms with Gasteiger partial charge in [-0.2, -0.15) is 0 Å². The van der Waals surface area contributed by atoms with Gasteiger partial charge < -0.3 is 10.4 Å². The maximum absolute atomic E-state index is 13.5. The van der Waals surface area contributed by atoms with Gasteiger partial charge in [-0.25, -0.2) is 9.18 Å². The van der Waals surface area contributed by atoms with Crippen molar-refractivity contribution in [2.45, 2.75) is 6.92 Å². The van der Waals surface area contributed by atoms with Gasteiger partial charge in [-0.3, -0.25) is 4.79 Å². The molecule has 0 atom stereocenters. The fraction of sp³-hybridized carbons (Fsp3) is 0.0667. The van der Waals surface area contributed by atoms with E-state index in [1.165, 1.54) is 6.07 Å². The number of aromatic carboxylic acids is 1. The molecule has 6 heteroatoms. The first kappa shape index (κ1) is 15.0.